The van der Waals surface area contributed by atoms with Crippen molar-refractivity contribution in [1.29, 1.82) is 0 Å². The molecule has 1 aromatic heterocycles. The van der Waals surface area contributed by atoms with E-state index < -0.39 is 35.1 Å². The molecule has 0 bridgehead atoms. The van der Waals surface area contributed by atoms with Crippen LogP contribution in [0.15, 0.2) is 40.9 Å². The molecule has 8 heteroatoms. The van der Waals surface area contributed by atoms with Crippen molar-refractivity contribution in [2.75, 3.05) is 0 Å². The largest absolute Gasteiger partial charge is 0.471 e. The van der Waals surface area contributed by atoms with Gasteiger partial charge in [0.2, 0.25) is 5.82 Å². The van der Waals surface area contributed by atoms with Crippen molar-refractivity contribution >= 4 is 0 Å². The molecule has 3 nitrogen and oxygen atoms in total. The van der Waals surface area contributed by atoms with Gasteiger partial charge in [0.05, 0.1) is 5.56 Å². The summed E-state index contributed by atoms with van der Waals surface area (Å²) >= 11 is 0. The number of aromatic nitrogens is 2. The van der Waals surface area contributed by atoms with Crippen molar-refractivity contribution in [2.45, 2.75) is 57.5 Å². The van der Waals surface area contributed by atoms with Crippen molar-refractivity contribution in [2.24, 2.45) is 5.92 Å². The minimum absolute atomic E-state index is 0.279. The normalized spacial score (nSPS) is 19.3. The second-order valence-corrected chi connectivity index (χ2v) is 8.36. The Labute approximate surface area is 182 Å². The predicted octanol–water partition coefficient (Wildman–Crippen LogP) is 7.77. The Morgan fingerprint density at radius 3 is 2.09 bits per heavy atom. The van der Waals surface area contributed by atoms with Crippen molar-refractivity contribution in [3.05, 3.63) is 59.5 Å². The van der Waals surface area contributed by atoms with Crippen molar-refractivity contribution in [1.82, 2.24) is 10.1 Å². The van der Waals surface area contributed by atoms with Gasteiger partial charge in [-0.2, -0.15) is 18.2 Å². The maximum absolute atomic E-state index is 14.6. The van der Waals surface area contributed by atoms with E-state index >= 15 is 0 Å². The van der Waals surface area contributed by atoms with Crippen LogP contribution in [0.3, 0.4) is 0 Å². The lowest BCUT2D eigenvalue weighted by atomic mass is 9.77. The van der Waals surface area contributed by atoms with E-state index in [1.807, 2.05) is 24.3 Å². The standard InChI is InChI=1S/C24H23F5N2O/c1-2-3-14-4-6-15(7-5-14)16-8-10-17(11-9-16)18-12-19(25)21(20(26)13-18)22-30-23(32-31-22)24(27,28)29/h8-15H,2-7H2,1H3. The molecular formula is C24H23F5N2O. The van der Waals surface area contributed by atoms with Crippen molar-refractivity contribution < 1.29 is 26.5 Å². The third-order valence-corrected chi connectivity index (χ3v) is 6.19. The van der Waals surface area contributed by atoms with Crippen molar-refractivity contribution in [3.63, 3.8) is 0 Å². The Balaban J connectivity index is 1.53. The number of hydrogen-bond donors (Lipinski definition) is 0. The first-order valence-corrected chi connectivity index (χ1v) is 10.8. The van der Waals surface area contributed by atoms with Gasteiger partial charge in [-0.25, -0.2) is 8.78 Å². The summed E-state index contributed by atoms with van der Waals surface area (Å²) in [6.07, 6.45) is 2.34. The first kappa shape index (κ1) is 22.4. The molecule has 0 saturated heterocycles. The molecule has 1 aliphatic rings. The van der Waals surface area contributed by atoms with Crippen LogP contribution in [-0.2, 0) is 6.18 Å². The van der Waals surface area contributed by atoms with Gasteiger partial charge < -0.3 is 4.52 Å². The Morgan fingerprint density at radius 1 is 0.938 bits per heavy atom. The summed E-state index contributed by atoms with van der Waals surface area (Å²) in [5.74, 6) is -3.26. The minimum atomic E-state index is -4.89. The molecular weight excluding hydrogens is 427 g/mol. The smallest absolute Gasteiger partial charge is 0.329 e. The molecule has 0 amide bonds. The van der Waals surface area contributed by atoms with Gasteiger partial charge >= 0.3 is 12.1 Å². The summed E-state index contributed by atoms with van der Waals surface area (Å²) in [4.78, 5) is 3.07. The van der Waals surface area contributed by atoms with Gasteiger partial charge in [-0.1, -0.05) is 49.2 Å². The highest BCUT2D eigenvalue weighted by Crippen LogP contribution is 2.38. The molecule has 0 radical (unpaired) electrons. The minimum Gasteiger partial charge on any atom is -0.329 e. The van der Waals surface area contributed by atoms with Gasteiger partial charge in [0.25, 0.3) is 0 Å². The summed E-state index contributed by atoms with van der Waals surface area (Å²) in [5.41, 5.74) is 1.35. The van der Waals surface area contributed by atoms with Crippen LogP contribution in [0.2, 0.25) is 0 Å². The first-order chi connectivity index (χ1) is 15.3. The molecule has 0 unspecified atom stereocenters. The van der Waals surface area contributed by atoms with Crippen LogP contribution in [0.4, 0.5) is 22.0 Å². The van der Waals surface area contributed by atoms with Crippen LogP contribution in [0, 0.1) is 17.6 Å². The second-order valence-electron chi connectivity index (χ2n) is 8.36. The van der Waals surface area contributed by atoms with E-state index in [2.05, 4.69) is 21.6 Å². The monoisotopic (exact) mass is 450 g/mol. The van der Waals surface area contributed by atoms with Gasteiger partial charge in [0, 0.05) is 0 Å². The molecule has 2 aromatic carbocycles. The van der Waals surface area contributed by atoms with E-state index in [0.717, 1.165) is 30.9 Å². The number of hydrogen-bond acceptors (Lipinski definition) is 3. The summed E-state index contributed by atoms with van der Waals surface area (Å²) in [7, 11) is 0. The number of rotatable bonds is 5. The van der Waals surface area contributed by atoms with E-state index in [0.29, 0.717) is 11.5 Å². The molecule has 170 valence electrons. The number of halogens is 5. The fourth-order valence-electron chi connectivity index (χ4n) is 4.53. The molecule has 1 aliphatic carbocycles. The third kappa shape index (κ3) is 4.69. The average molecular weight is 450 g/mol. The Morgan fingerprint density at radius 2 is 1.56 bits per heavy atom. The van der Waals surface area contributed by atoms with Crippen LogP contribution in [-0.4, -0.2) is 10.1 Å². The number of benzene rings is 2. The number of alkyl halides is 3. The predicted molar refractivity (Wildman–Crippen MR) is 110 cm³/mol. The van der Waals surface area contributed by atoms with Gasteiger partial charge in [0.1, 0.15) is 11.6 Å². The Kier molecular flexibility index (Phi) is 6.31. The van der Waals surface area contributed by atoms with E-state index in [1.54, 1.807) is 0 Å². The summed E-state index contributed by atoms with van der Waals surface area (Å²) < 4.78 is 71.2. The molecule has 4 rings (SSSR count). The molecule has 0 spiro atoms. The molecule has 32 heavy (non-hydrogen) atoms. The summed E-state index contributed by atoms with van der Waals surface area (Å²) in [6, 6.07) is 9.73. The summed E-state index contributed by atoms with van der Waals surface area (Å²) in [5, 5.41) is 3.07. The quantitative estimate of drug-likeness (QED) is 0.373. The van der Waals surface area contributed by atoms with Crippen molar-refractivity contribution in [3.8, 4) is 22.5 Å². The molecule has 0 N–H and O–H groups in total. The lowest BCUT2D eigenvalue weighted by molar-refractivity contribution is -0.159. The molecule has 1 saturated carbocycles. The van der Waals surface area contributed by atoms with E-state index in [1.165, 1.54) is 31.2 Å². The zero-order valence-corrected chi connectivity index (χ0v) is 17.6. The maximum Gasteiger partial charge on any atom is 0.471 e. The summed E-state index contributed by atoms with van der Waals surface area (Å²) in [6.45, 7) is 2.21. The van der Waals surface area contributed by atoms with Crippen LogP contribution in [0.25, 0.3) is 22.5 Å². The van der Waals surface area contributed by atoms with E-state index in [4.69, 9.17) is 0 Å². The first-order valence-electron chi connectivity index (χ1n) is 10.8. The van der Waals surface area contributed by atoms with Gasteiger partial charge in [-0.15, -0.1) is 0 Å². The highest BCUT2D eigenvalue weighted by Gasteiger charge is 2.39. The molecule has 1 fully saturated rings. The van der Waals surface area contributed by atoms with Gasteiger partial charge in [0.15, 0.2) is 0 Å². The fraction of sp³-hybridized carbons (Fsp3) is 0.417. The van der Waals surface area contributed by atoms with Crippen LogP contribution >= 0.6 is 0 Å². The molecule has 0 atom stereocenters. The third-order valence-electron chi connectivity index (χ3n) is 6.19. The molecule has 1 heterocycles. The Bertz CT molecular complexity index is 1040. The van der Waals surface area contributed by atoms with E-state index in [-0.39, 0.29) is 5.56 Å². The van der Waals surface area contributed by atoms with E-state index in [9.17, 15) is 22.0 Å². The lowest BCUT2D eigenvalue weighted by Gasteiger charge is -2.28. The zero-order chi connectivity index (χ0) is 22.9. The second kappa shape index (κ2) is 9.00. The number of nitrogens with zero attached hydrogens (tertiary/aromatic N) is 2. The van der Waals surface area contributed by atoms with Crippen LogP contribution in [0.5, 0.6) is 0 Å². The molecule has 3 aromatic rings. The lowest BCUT2D eigenvalue weighted by Crippen LogP contribution is -2.13. The highest BCUT2D eigenvalue weighted by molar-refractivity contribution is 5.69. The maximum atomic E-state index is 14.6. The van der Waals surface area contributed by atoms with Crippen LogP contribution < -0.4 is 0 Å². The average Bonchev–Trinajstić information content (AvgIpc) is 3.24. The SMILES string of the molecule is CCCC1CCC(c2ccc(-c3cc(F)c(-c4noc(C(F)(F)F)n4)c(F)c3)cc2)CC1. The topological polar surface area (TPSA) is 38.9 Å². The fourth-order valence-corrected chi connectivity index (χ4v) is 4.53. The van der Waals surface area contributed by atoms with Gasteiger partial charge in [-0.3, -0.25) is 0 Å². The zero-order valence-electron chi connectivity index (χ0n) is 17.6. The highest BCUT2D eigenvalue weighted by atomic mass is 19.4. The van der Waals surface area contributed by atoms with Crippen LogP contribution in [0.1, 0.15) is 62.8 Å². The Hall–Kier alpha value is -2.77. The van der Waals surface area contributed by atoms with Gasteiger partial charge in [-0.05, 0) is 66.3 Å². The molecule has 0 aliphatic heterocycles.